The molecule has 0 atom stereocenters. The summed E-state index contributed by atoms with van der Waals surface area (Å²) in [6.07, 6.45) is 6.85. The molecule has 146 valence electrons. The van der Waals surface area contributed by atoms with Crippen molar-refractivity contribution in [1.29, 1.82) is 0 Å². The van der Waals surface area contributed by atoms with E-state index in [9.17, 15) is 0 Å². The van der Waals surface area contributed by atoms with Crippen LogP contribution in [0.3, 0.4) is 0 Å². The van der Waals surface area contributed by atoms with Crippen LogP contribution in [0, 0.1) is 0 Å². The highest BCUT2D eigenvalue weighted by Gasteiger charge is 2.06. The van der Waals surface area contributed by atoms with Crippen LogP contribution >= 0.6 is 23.4 Å². The molecule has 0 aliphatic rings. The third kappa shape index (κ3) is 6.11. The molecule has 28 heavy (non-hydrogen) atoms. The Morgan fingerprint density at radius 1 is 1.14 bits per heavy atom. The second-order valence-corrected chi connectivity index (χ2v) is 7.56. The van der Waals surface area contributed by atoms with Crippen LogP contribution in [-0.4, -0.2) is 27.7 Å². The molecule has 3 aromatic rings. The number of unbranched alkanes of at least 4 members (excludes halogenated alkanes) is 2. The molecular formula is C21H23ClN4OS. The molecule has 0 unspecified atom stereocenters. The van der Waals surface area contributed by atoms with E-state index in [1.165, 1.54) is 12.8 Å². The molecule has 1 aromatic heterocycles. The van der Waals surface area contributed by atoms with E-state index in [1.807, 2.05) is 48.5 Å². The van der Waals surface area contributed by atoms with Crippen molar-refractivity contribution in [3.05, 3.63) is 71.0 Å². The second kappa shape index (κ2) is 10.9. The zero-order valence-corrected chi connectivity index (χ0v) is 17.4. The number of ether oxygens (including phenoxy) is 1. The van der Waals surface area contributed by atoms with Crippen LogP contribution in [-0.2, 0) is 5.75 Å². The highest BCUT2D eigenvalue weighted by molar-refractivity contribution is 7.98. The van der Waals surface area contributed by atoms with Crippen LogP contribution < -0.4 is 4.74 Å². The molecule has 3 rings (SSSR count). The summed E-state index contributed by atoms with van der Waals surface area (Å²) in [5.41, 5.74) is 2.04. The van der Waals surface area contributed by atoms with E-state index < -0.39 is 0 Å². The van der Waals surface area contributed by atoms with E-state index >= 15 is 0 Å². The SMILES string of the molecule is CCCCCOc1ccc(/C=N/n2cnnc2SCc2ccccc2Cl)cc1. The van der Waals surface area contributed by atoms with Crippen molar-refractivity contribution in [2.45, 2.75) is 37.1 Å². The summed E-state index contributed by atoms with van der Waals surface area (Å²) in [7, 11) is 0. The molecule has 0 aliphatic carbocycles. The van der Waals surface area contributed by atoms with Crippen LogP contribution in [0.4, 0.5) is 0 Å². The zero-order valence-electron chi connectivity index (χ0n) is 15.8. The number of nitrogens with zero attached hydrogens (tertiary/aromatic N) is 4. The minimum Gasteiger partial charge on any atom is -0.494 e. The number of hydrogen-bond donors (Lipinski definition) is 0. The van der Waals surface area contributed by atoms with Crippen molar-refractivity contribution in [3.63, 3.8) is 0 Å². The minimum atomic E-state index is 0.706. The third-order valence-electron chi connectivity index (χ3n) is 4.04. The Bertz CT molecular complexity index is 895. The summed E-state index contributed by atoms with van der Waals surface area (Å²) >= 11 is 7.75. The summed E-state index contributed by atoms with van der Waals surface area (Å²) < 4.78 is 7.40. The predicted molar refractivity (Wildman–Crippen MR) is 115 cm³/mol. The number of halogens is 1. The monoisotopic (exact) mass is 414 g/mol. The first-order valence-corrected chi connectivity index (χ1v) is 10.7. The number of thioether (sulfide) groups is 1. The molecule has 0 saturated carbocycles. The summed E-state index contributed by atoms with van der Waals surface area (Å²) in [6, 6.07) is 15.7. The zero-order chi connectivity index (χ0) is 19.6. The number of rotatable bonds is 10. The summed E-state index contributed by atoms with van der Waals surface area (Å²) in [6.45, 7) is 2.94. The number of benzene rings is 2. The third-order valence-corrected chi connectivity index (χ3v) is 5.39. The Morgan fingerprint density at radius 3 is 2.75 bits per heavy atom. The van der Waals surface area contributed by atoms with Crippen molar-refractivity contribution >= 4 is 29.6 Å². The first-order chi connectivity index (χ1) is 13.8. The maximum atomic E-state index is 6.21. The molecule has 1 heterocycles. The minimum absolute atomic E-state index is 0.706. The lowest BCUT2D eigenvalue weighted by molar-refractivity contribution is 0.306. The maximum Gasteiger partial charge on any atom is 0.212 e. The van der Waals surface area contributed by atoms with Gasteiger partial charge >= 0.3 is 0 Å². The quantitative estimate of drug-likeness (QED) is 0.243. The van der Waals surface area contributed by atoms with Gasteiger partial charge in [-0.15, -0.1) is 10.2 Å². The Kier molecular flexibility index (Phi) is 7.94. The standard InChI is InChI=1S/C21H23ClN4OS/c1-2-3-6-13-27-19-11-9-17(10-12-19)14-24-26-16-23-25-21(26)28-15-18-7-4-5-8-20(18)22/h4-5,7-12,14,16H,2-3,6,13,15H2,1H3/b24-14+. The first kappa shape index (κ1) is 20.4. The maximum absolute atomic E-state index is 6.21. The Labute approximate surface area is 174 Å². The van der Waals surface area contributed by atoms with E-state index in [-0.39, 0.29) is 0 Å². The van der Waals surface area contributed by atoms with E-state index in [4.69, 9.17) is 16.3 Å². The lowest BCUT2D eigenvalue weighted by Gasteiger charge is -2.05. The average molecular weight is 415 g/mol. The first-order valence-electron chi connectivity index (χ1n) is 9.29. The van der Waals surface area contributed by atoms with Gasteiger partial charge in [-0.05, 0) is 47.9 Å². The predicted octanol–water partition coefficient (Wildman–Crippen LogP) is 5.68. The fourth-order valence-electron chi connectivity index (χ4n) is 2.47. The molecule has 0 saturated heterocycles. The van der Waals surface area contributed by atoms with Crippen LogP contribution in [0.25, 0.3) is 0 Å². The molecule has 7 heteroatoms. The molecule has 0 N–H and O–H groups in total. The highest BCUT2D eigenvalue weighted by atomic mass is 35.5. The van der Waals surface area contributed by atoms with Gasteiger partial charge in [0.25, 0.3) is 0 Å². The van der Waals surface area contributed by atoms with Gasteiger partial charge in [-0.3, -0.25) is 0 Å². The topological polar surface area (TPSA) is 52.3 Å². The Hall–Kier alpha value is -2.31. The Morgan fingerprint density at radius 2 is 1.96 bits per heavy atom. The summed E-state index contributed by atoms with van der Waals surface area (Å²) in [4.78, 5) is 0. The number of aromatic nitrogens is 3. The van der Waals surface area contributed by atoms with Gasteiger partial charge in [0, 0.05) is 10.8 Å². The van der Waals surface area contributed by atoms with Crippen molar-refractivity contribution < 1.29 is 4.74 Å². The molecule has 0 aliphatic heterocycles. The molecular weight excluding hydrogens is 392 g/mol. The summed E-state index contributed by atoms with van der Waals surface area (Å²) in [5.74, 6) is 1.59. The van der Waals surface area contributed by atoms with Crippen molar-refractivity contribution in [3.8, 4) is 5.75 Å². The van der Waals surface area contributed by atoms with Crippen LogP contribution in [0.15, 0.2) is 65.1 Å². The molecule has 0 amide bonds. The number of hydrogen-bond acceptors (Lipinski definition) is 5. The highest BCUT2D eigenvalue weighted by Crippen LogP contribution is 2.25. The Balaban J connectivity index is 1.56. The molecule has 5 nitrogen and oxygen atoms in total. The second-order valence-electron chi connectivity index (χ2n) is 6.21. The van der Waals surface area contributed by atoms with E-state index in [0.29, 0.717) is 10.9 Å². The largest absolute Gasteiger partial charge is 0.494 e. The van der Waals surface area contributed by atoms with Gasteiger partial charge < -0.3 is 4.74 Å². The van der Waals surface area contributed by atoms with Crippen molar-refractivity contribution in [2.75, 3.05) is 6.61 Å². The molecule has 0 radical (unpaired) electrons. The van der Waals surface area contributed by atoms with Crippen LogP contribution in [0.2, 0.25) is 5.02 Å². The smallest absolute Gasteiger partial charge is 0.212 e. The van der Waals surface area contributed by atoms with Crippen molar-refractivity contribution in [1.82, 2.24) is 14.9 Å². The molecule has 0 bridgehead atoms. The van der Waals surface area contributed by atoms with E-state index in [1.54, 1.807) is 29.0 Å². The van der Waals surface area contributed by atoms with E-state index in [2.05, 4.69) is 22.2 Å². The molecule has 2 aromatic carbocycles. The van der Waals surface area contributed by atoms with Gasteiger partial charge in [0.2, 0.25) is 5.16 Å². The lowest BCUT2D eigenvalue weighted by atomic mass is 10.2. The van der Waals surface area contributed by atoms with Crippen molar-refractivity contribution in [2.24, 2.45) is 5.10 Å². The fraction of sp³-hybridized carbons (Fsp3) is 0.286. The average Bonchev–Trinajstić information content (AvgIpc) is 3.17. The lowest BCUT2D eigenvalue weighted by Crippen LogP contribution is -1.97. The van der Waals surface area contributed by atoms with Gasteiger partial charge in [0.1, 0.15) is 12.1 Å². The summed E-state index contributed by atoms with van der Waals surface area (Å²) in [5, 5.41) is 14.0. The normalized spacial score (nSPS) is 11.2. The molecule has 0 spiro atoms. The van der Waals surface area contributed by atoms with E-state index in [0.717, 1.165) is 34.9 Å². The van der Waals surface area contributed by atoms with Crippen LogP contribution in [0.5, 0.6) is 5.75 Å². The van der Waals surface area contributed by atoms with Gasteiger partial charge in [-0.25, -0.2) is 0 Å². The van der Waals surface area contributed by atoms with Gasteiger partial charge in [-0.2, -0.15) is 9.78 Å². The van der Waals surface area contributed by atoms with Gasteiger partial charge in [0.05, 0.1) is 12.8 Å². The van der Waals surface area contributed by atoms with Crippen LogP contribution in [0.1, 0.15) is 37.3 Å². The van der Waals surface area contributed by atoms with Gasteiger partial charge in [0.15, 0.2) is 0 Å². The van der Waals surface area contributed by atoms with Gasteiger partial charge in [-0.1, -0.05) is 61.3 Å². The fourth-order valence-corrected chi connectivity index (χ4v) is 3.62. The molecule has 0 fully saturated rings.